The fourth-order valence-electron chi connectivity index (χ4n) is 6.10. The molecule has 3 aromatic rings. The van der Waals surface area contributed by atoms with Gasteiger partial charge in [0, 0.05) is 0 Å². The lowest BCUT2D eigenvalue weighted by molar-refractivity contribution is -0.235. The van der Waals surface area contributed by atoms with Crippen molar-refractivity contribution in [1.29, 1.82) is 0 Å². The molecule has 2 N–H and O–H groups in total. The summed E-state index contributed by atoms with van der Waals surface area (Å²) in [6.07, 6.45) is 0. The summed E-state index contributed by atoms with van der Waals surface area (Å²) in [6.45, 7) is 1.07. The van der Waals surface area contributed by atoms with E-state index in [9.17, 15) is 49.6 Å². The van der Waals surface area contributed by atoms with Crippen molar-refractivity contribution < 1.29 is 98.1 Å². The standard InChI is InChI=1S/C28H12BF19O3/c1-25(2,3)23-22(45)24(46)27(51-29(49)50,5-9(32)15(38)20(43)16(39)10(5)33)28(48,6-11(34)17(40)21(44)18(41)12(6)35)26(23,47)4-7(30)13(36)19(42)14(37)8(4)31/h23,49-50H,1-3H3. The van der Waals surface area contributed by atoms with Gasteiger partial charge in [0.2, 0.25) is 23.1 Å². The summed E-state index contributed by atoms with van der Waals surface area (Å²) in [7, 11) is -4.40. The van der Waals surface area contributed by atoms with Crippen LogP contribution in [-0.4, -0.2) is 17.4 Å². The Morgan fingerprint density at radius 2 is 0.745 bits per heavy atom. The van der Waals surface area contributed by atoms with Crippen LogP contribution in [0.2, 0.25) is 0 Å². The van der Waals surface area contributed by atoms with E-state index in [1.165, 1.54) is 0 Å². The molecule has 4 unspecified atom stereocenters. The summed E-state index contributed by atoms with van der Waals surface area (Å²) in [5.74, 6) is -64.9. The molecule has 0 saturated heterocycles. The number of rotatable bonds is 5. The van der Waals surface area contributed by atoms with Gasteiger partial charge >= 0.3 is 7.32 Å². The average Bonchev–Trinajstić information content (AvgIpc) is 3.03. The fraction of sp³-hybridized carbons (Fsp3) is 0.286. The molecule has 0 radical (unpaired) electrons. The van der Waals surface area contributed by atoms with E-state index in [1.807, 2.05) is 0 Å². The van der Waals surface area contributed by atoms with Crippen molar-refractivity contribution in [1.82, 2.24) is 0 Å². The molecule has 3 nitrogen and oxygen atoms in total. The van der Waals surface area contributed by atoms with Gasteiger partial charge in [-0.3, -0.25) is 0 Å². The third kappa shape index (κ3) is 4.89. The Bertz CT molecular complexity index is 1940. The lowest BCUT2D eigenvalue weighted by atomic mass is 9.51. The second-order valence-electron chi connectivity index (χ2n) is 11.8. The maximum Gasteiger partial charge on any atom is 0.635 e. The number of hydrogen-bond acceptors (Lipinski definition) is 3. The number of halogens is 19. The highest BCUT2D eigenvalue weighted by Crippen LogP contribution is 2.72. The van der Waals surface area contributed by atoms with Gasteiger partial charge in [0.1, 0.15) is 5.83 Å². The van der Waals surface area contributed by atoms with Crippen LogP contribution in [0.25, 0.3) is 0 Å². The van der Waals surface area contributed by atoms with Gasteiger partial charge in [-0.15, -0.1) is 0 Å². The smallest absolute Gasteiger partial charge is 0.402 e. The van der Waals surface area contributed by atoms with Crippen LogP contribution in [0.4, 0.5) is 83.4 Å². The Labute approximate surface area is 270 Å². The Hall–Kier alpha value is -3.99. The molecular formula is C28H12BF19O3. The van der Waals surface area contributed by atoms with Crippen molar-refractivity contribution in [2.75, 3.05) is 0 Å². The predicted octanol–water partition coefficient (Wildman–Crippen LogP) is 8.51. The molecule has 0 aliphatic heterocycles. The zero-order valence-electron chi connectivity index (χ0n) is 24.6. The van der Waals surface area contributed by atoms with Crippen molar-refractivity contribution in [3.8, 4) is 0 Å². The Morgan fingerprint density at radius 1 is 0.471 bits per heavy atom. The van der Waals surface area contributed by atoms with Crippen LogP contribution in [0.1, 0.15) is 37.5 Å². The quantitative estimate of drug-likeness (QED) is 0.119. The van der Waals surface area contributed by atoms with E-state index >= 15 is 43.9 Å². The first-order valence-electron chi connectivity index (χ1n) is 13.2. The number of benzene rings is 3. The molecule has 1 aliphatic rings. The van der Waals surface area contributed by atoms with Crippen molar-refractivity contribution in [2.24, 2.45) is 11.3 Å². The van der Waals surface area contributed by atoms with Gasteiger partial charge in [0.15, 0.2) is 86.9 Å². The van der Waals surface area contributed by atoms with E-state index in [4.69, 9.17) is 0 Å². The van der Waals surface area contributed by atoms with Crippen molar-refractivity contribution in [2.45, 2.75) is 37.7 Å². The molecule has 4 atom stereocenters. The largest absolute Gasteiger partial charge is 0.635 e. The molecule has 0 amide bonds. The highest BCUT2D eigenvalue weighted by Gasteiger charge is 2.82. The third-order valence-electron chi connectivity index (χ3n) is 7.99. The van der Waals surface area contributed by atoms with Crippen molar-refractivity contribution in [3.63, 3.8) is 0 Å². The second kappa shape index (κ2) is 12.3. The van der Waals surface area contributed by atoms with Crippen molar-refractivity contribution >= 4 is 7.32 Å². The van der Waals surface area contributed by atoms with Gasteiger partial charge in [0.05, 0.1) is 22.6 Å². The van der Waals surface area contributed by atoms with Crippen LogP contribution in [0.3, 0.4) is 0 Å². The van der Waals surface area contributed by atoms with Crippen LogP contribution in [0, 0.1) is 98.6 Å². The summed E-state index contributed by atoms with van der Waals surface area (Å²) >= 11 is 0. The lowest BCUT2D eigenvalue weighted by Crippen LogP contribution is -2.68. The Balaban J connectivity index is 2.65. The summed E-state index contributed by atoms with van der Waals surface area (Å²) in [5.41, 5.74) is -33.8. The van der Waals surface area contributed by atoms with Gasteiger partial charge in [-0.25, -0.2) is 83.4 Å². The average molecular weight is 768 g/mol. The van der Waals surface area contributed by atoms with Crippen molar-refractivity contribution in [3.05, 3.63) is 116 Å². The monoisotopic (exact) mass is 768 g/mol. The molecule has 51 heavy (non-hydrogen) atoms. The molecular weight excluding hydrogens is 756 g/mol. The van der Waals surface area contributed by atoms with Crippen LogP contribution >= 0.6 is 0 Å². The van der Waals surface area contributed by atoms with E-state index in [0.717, 1.165) is 0 Å². The zero-order chi connectivity index (χ0) is 39.4. The predicted molar refractivity (Wildman–Crippen MR) is 129 cm³/mol. The lowest BCUT2D eigenvalue weighted by Gasteiger charge is -2.58. The minimum absolute atomic E-state index is 0.358. The van der Waals surface area contributed by atoms with Gasteiger partial charge in [0.25, 0.3) is 0 Å². The second-order valence-corrected chi connectivity index (χ2v) is 11.8. The zero-order valence-corrected chi connectivity index (χ0v) is 24.6. The molecule has 23 heteroatoms. The highest BCUT2D eigenvalue weighted by molar-refractivity contribution is 6.33. The van der Waals surface area contributed by atoms with Gasteiger partial charge in [-0.05, 0) is 5.41 Å². The van der Waals surface area contributed by atoms with E-state index < -0.39 is 151 Å². The minimum atomic E-state index is -6.92. The molecule has 0 heterocycles. The molecule has 0 spiro atoms. The first kappa shape index (κ1) is 39.8. The van der Waals surface area contributed by atoms with Gasteiger partial charge in [-0.2, -0.15) is 0 Å². The summed E-state index contributed by atoms with van der Waals surface area (Å²) in [4.78, 5) is 0. The molecule has 0 bridgehead atoms. The Morgan fingerprint density at radius 3 is 1.04 bits per heavy atom. The number of alkyl halides is 2. The minimum Gasteiger partial charge on any atom is -0.402 e. The maximum absolute atomic E-state index is 18.6. The van der Waals surface area contributed by atoms with Crippen LogP contribution in [-0.2, 0) is 21.6 Å². The number of hydrogen-bond donors (Lipinski definition) is 2. The molecule has 4 rings (SSSR count). The van der Waals surface area contributed by atoms with Gasteiger partial charge < -0.3 is 14.7 Å². The fourth-order valence-corrected chi connectivity index (χ4v) is 6.10. The summed E-state index contributed by atoms with van der Waals surface area (Å²) in [5, 5.41) is 19.2. The topological polar surface area (TPSA) is 49.7 Å². The summed E-state index contributed by atoms with van der Waals surface area (Å²) in [6, 6.07) is 0. The first-order chi connectivity index (χ1) is 23.1. The maximum atomic E-state index is 18.6. The van der Waals surface area contributed by atoms with E-state index in [-0.39, 0.29) is 0 Å². The van der Waals surface area contributed by atoms with E-state index in [0.29, 0.717) is 20.8 Å². The molecule has 3 aromatic carbocycles. The summed E-state index contributed by atoms with van der Waals surface area (Å²) < 4.78 is 297. The van der Waals surface area contributed by atoms with Crippen LogP contribution < -0.4 is 0 Å². The molecule has 278 valence electrons. The van der Waals surface area contributed by atoms with Crippen LogP contribution in [0.15, 0.2) is 11.7 Å². The molecule has 0 saturated carbocycles. The third-order valence-corrected chi connectivity index (χ3v) is 7.99. The molecule has 0 fully saturated rings. The highest BCUT2D eigenvalue weighted by atomic mass is 19.2. The van der Waals surface area contributed by atoms with E-state index in [1.54, 1.807) is 0 Å². The normalized spacial score (nSPS) is 24.1. The van der Waals surface area contributed by atoms with E-state index in [2.05, 4.69) is 4.65 Å². The van der Waals surface area contributed by atoms with Gasteiger partial charge in [-0.1, -0.05) is 20.8 Å². The number of allylic oxidation sites excluding steroid dienone is 1. The first-order valence-corrected chi connectivity index (χ1v) is 13.2. The molecule has 1 aliphatic carbocycles. The molecule has 0 aromatic heterocycles. The van der Waals surface area contributed by atoms with Crippen LogP contribution in [0.5, 0.6) is 0 Å². The SMILES string of the molecule is CC(C)(C)C1C(F)=C(F)C(OB(O)O)(c2c(F)c(F)c(F)c(F)c2F)C(F)(c2c(F)c(F)c(F)c(F)c2F)C1(F)c1c(F)c(F)c(F)c(F)c1F. The Kier molecular flexibility index (Phi) is 9.61.